The number of unbranched alkanes of at least 4 members (excludes halogenated alkanes) is 18. The maximum absolute atomic E-state index is 12.8. The molecular weight excluding hydrogens is 856 g/mol. The third-order valence-corrected chi connectivity index (χ3v) is 11.6. The van der Waals surface area contributed by atoms with E-state index in [0.29, 0.717) is 25.7 Å². The number of ether oxygens (including phenoxy) is 3. The predicted octanol–water partition coefficient (Wildman–Crippen LogP) is 14.6. The fourth-order valence-electron chi connectivity index (χ4n) is 6.67. The molecule has 380 valence electrons. The number of aliphatic hydroxyl groups is 1. The summed E-state index contributed by atoms with van der Waals surface area (Å²) >= 11 is 0. The van der Waals surface area contributed by atoms with Crippen molar-refractivity contribution in [3.05, 3.63) is 72.9 Å². The standard InChI is InChI=1S/C54H93O11P/c1-4-7-10-13-16-19-22-23-24-25-26-27-30-33-36-39-42-45-54(58)65-51(47-61-52(56)43-40-37-34-31-28-20-17-14-11-8-5-2)49-63-66(59,60)62-48-50(46-55)64-53(57)44-41-38-35-32-29-21-18-15-12-9-6-3/h7,10,15-16,18-19,23-24,26-27,33,36,50-51,55H,4-6,8-9,11-14,17,20-22,25,28-32,34-35,37-49H2,1-3H3,(H,59,60)/b10-7-,18-15-,19-16-,24-23-,27-26-,36-33-. The van der Waals surface area contributed by atoms with E-state index in [1.54, 1.807) is 0 Å². The Morgan fingerprint density at radius 1 is 0.439 bits per heavy atom. The lowest BCUT2D eigenvalue weighted by atomic mass is 10.1. The van der Waals surface area contributed by atoms with Crippen molar-refractivity contribution in [2.45, 2.75) is 226 Å². The molecule has 0 saturated heterocycles. The topological polar surface area (TPSA) is 155 Å². The van der Waals surface area contributed by atoms with Crippen LogP contribution in [0.2, 0.25) is 0 Å². The fraction of sp³-hybridized carbons (Fsp3) is 0.722. The number of allylic oxidation sites excluding steroid dienone is 12. The maximum atomic E-state index is 12.8. The van der Waals surface area contributed by atoms with Gasteiger partial charge in [0.25, 0.3) is 0 Å². The Morgan fingerprint density at radius 3 is 1.33 bits per heavy atom. The zero-order chi connectivity index (χ0) is 48.4. The summed E-state index contributed by atoms with van der Waals surface area (Å²) in [4.78, 5) is 48.2. The van der Waals surface area contributed by atoms with Gasteiger partial charge in [-0.15, -0.1) is 0 Å². The van der Waals surface area contributed by atoms with E-state index in [2.05, 4.69) is 81.5 Å². The first-order valence-electron chi connectivity index (χ1n) is 25.8. The van der Waals surface area contributed by atoms with Gasteiger partial charge in [-0.3, -0.25) is 23.4 Å². The second kappa shape index (κ2) is 48.4. The van der Waals surface area contributed by atoms with Crippen LogP contribution in [0.15, 0.2) is 72.9 Å². The summed E-state index contributed by atoms with van der Waals surface area (Å²) in [5, 5.41) is 9.75. The van der Waals surface area contributed by atoms with E-state index in [1.807, 2.05) is 12.2 Å². The number of hydrogen-bond acceptors (Lipinski definition) is 10. The van der Waals surface area contributed by atoms with Crippen molar-refractivity contribution >= 4 is 25.7 Å². The second-order valence-electron chi connectivity index (χ2n) is 17.0. The van der Waals surface area contributed by atoms with Crippen LogP contribution in [-0.4, -0.2) is 66.5 Å². The SMILES string of the molecule is CC/C=C\C/C=C\C/C=C\C/C=C\C/C=C\CCCC(=O)OC(COC(=O)CCCCCCCCCCCCC)COP(=O)(O)OCC(CO)OC(=O)CCCCCCC/C=C\CCCC. The fourth-order valence-corrected chi connectivity index (χ4v) is 7.45. The third-order valence-electron chi connectivity index (χ3n) is 10.6. The highest BCUT2D eigenvalue weighted by atomic mass is 31.2. The van der Waals surface area contributed by atoms with E-state index in [-0.39, 0.29) is 25.9 Å². The van der Waals surface area contributed by atoms with Crippen LogP contribution in [0.25, 0.3) is 0 Å². The third kappa shape index (κ3) is 46.0. The molecule has 11 nitrogen and oxygen atoms in total. The molecule has 0 aromatic heterocycles. The van der Waals surface area contributed by atoms with Crippen molar-refractivity contribution in [2.75, 3.05) is 26.4 Å². The average molecular weight is 949 g/mol. The van der Waals surface area contributed by atoms with Gasteiger partial charge in [-0.1, -0.05) is 190 Å². The lowest BCUT2D eigenvalue weighted by Gasteiger charge is -2.21. The van der Waals surface area contributed by atoms with E-state index in [1.165, 1.54) is 57.8 Å². The second-order valence-corrected chi connectivity index (χ2v) is 18.4. The van der Waals surface area contributed by atoms with Gasteiger partial charge < -0.3 is 24.2 Å². The van der Waals surface area contributed by atoms with Crippen LogP contribution in [0.1, 0.15) is 213 Å². The Hall–Kier alpha value is -3.08. The summed E-state index contributed by atoms with van der Waals surface area (Å²) in [6, 6.07) is 0. The van der Waals surface area contributed by atoms with Gasteiger partial charge in [0.1, 0.15) is 12.7 Å². The molecule has 0 aliphatic rings. The van der Waals surface area contributed by atoms with Crippen LogP contribution in [-0.2, 0) is 42.2 Å². The Kier molecular flexibility index (Phi) is 46.1. The van der Waals surface area contributed by atoms with E-state index in [0.717, 1.165) is 89.9 Å². The molecule has 0 saturated carbocycles. The number of esters is 3. The Labute approximate surface area is 401 Å². The first-order chi connectivity index (χ1) is 32.2. The number of phosphoric ester groups is 1. The number of rotatable bonds is 47. The van der Waals surface area contributed by atoms with Gasteiger partial charge in [-0.25, -0.2) is 4.57 Å². The molecule has 0 aromatic rings. The molecule has 3 atom stereocenters. The van der Waals surface area contributed by atoms with Crippen molar-refractivity contribution in [2.24, 2.45) is 0 Å². The minimum absolute atomic E-state index is 0.0884. The molecule has 0 aliphatic carbocycles. The molecule has 3 unspecified atom stereocenters. The van der Waals surface area contributed by atoms with E-state index >= 15 is 0 Å². The Morgan fingerprint density at radius 2 is 0.818 bits per heavy atom. The first-order valence-corrected chi connectivity index (χ1v) is 27.3. The van der Waals surface area contributed by atoms with Gasteiger partial charge in [0.15, 0.2) is 6.10 Å². The summed E-state index contributed by atoms with van der Waals surface area (Å²) in [6.07, 6.45) is 51.7. The van der Waals surface area contributed by atoms with Crippen molar-refractivity contribution in [1.82, 2.24) is 0 Å². The molecule has 0 rings (SSSR count). The van der Waals surface area contributed by atoms with Gasteiger partial charge in [-0.2, -0.15) is 0 Å². The summed E-state index contributed by atoms with van der Waals surface area (Å²) in [5.74, 6) is -1.55. The van der Waals surface area contributed by atoms with Crippen LogP contribution in [0.3, 0.4) is 0 Å². The van der Waals surface area contributed by atoms with Gasteiger partial charge >= 0.3 is 25.7 Å². The number of carbonyl (C=O) groups excluding carboxylic acids is 3. The molecule has 0 bridgehead atoms. The van der Waals surface area contributed by atoms with Crippen LogP contribution in [0.5, 0.6) is 0 Å². The van der Waals surface area contributed by atoms with Crippen LogP contribution in [0, 0.1) is 0 Å². The number of aliphatic hydroxyl groups excluding tert-OH is 1. The summed E-state index contributed by atoms with van der Waals surface area (Å²) in [6.45, 7) is 4.39. The summed E-state index contributed by atoms with van der Waals surface area (Å²) in [7, 11) is -4.75. The molecule has 0 spiro atoms. The molecule has 2 N–H and O–H groups in total. The smallest absolute Gasteiger partial charge is 0.462 e. The molecule has 66 heavy (non-hydrogen) atoms. The van der Waals surface area contributed by atoms with E-state index in [9.17, 15) is 28.9 Å². The predicted molar refractivity (Wildman–Crippen MR) is 270 cm³/mol. The lowest BCUT2D eigenvalue weighted by Crippen LogP contribution is -2.30. The van der Waals surface area contributed by atoms with Gasteiger partial charge in [-0.05, 0) is 77.0 Å². The van der Waals surface area contributed by atoms with E-state index in [4.69, 9.17) is 23.3 Å². The largest absolute Gasteiger partial charge is 0.472 e. The number of hydrogen-bond donors (Lipinski definition) is 2. The zero-order valence-electron chi connectivity index (χ0n) is 41.6. The minimum atomic E-state index is -4.75. The monoisotopic (exact) mass is 949 g/mol. The maximum Gasteiger partial charge on any atom is 0.472 e. The molecule has 0 radical (unpaired) electrons. The van der Waals surface area contributed by atoms with Gasteiger partial charge in [0, 0.05) is 19.3 Å². The quantitative estimate of drug-likeness (QED) is 0.0197. The van der Waals surface area contributed by atoms with Gasteiger partial charge in [0.05, 0.1) is 19.8 Å². The average Bonchev–Trinajstić information content (AvgIpc) is 3.30. The van der Waals surface area contributed by atoms with Crippen molar-refractivity contribution in [3.8, 4) is 0 Å². The zero-order valence-corrected chi connectivity index (χ0v) is 42.5. The molecule has 0 aliphatic heterocycles. The summed E-state index contributed by atoms with van der Waals surface area (Å²) < 4.78 is 39.2. The highest BCUT2D eigenvalue weighted by molar-refractivity contribution is 7.47. The van der Waals surface area contributed by atoms with Crippen molar-refractivity contribution in [3.63, 3.8) is 0 Å². The molecular formula is C54H93O11P. The minimum Gasteiger partial charge on any atom is -0.462 e. The van der Waals surface area contributed by atoms with E-state index < -0.39 is 57.8 Å². The molecule has 0 heterocycles. The molecule has 0 amide bonds. The summed E-state index contributed by atoms with van der Waals surface area (Å²) in [5.41, 5.74) is 0. The van der Waals surface area contributed by atoms with Crippen LogP contribution >= 0.6 is 7.82 Å². The van der Waals surface area contributed by atoms with Crippen LogP contribution in [0.4, 0.5) is 0 Å². The van der Waals surface area contributed by atoms with Crippen LogP contribution < -0.4 is 0 Å². The normalized spacial score (nSPS) is 14.1. The Balaban J connectivity index is 4.84. The Bertz CT molecular complexity index is 1390. The van der Waals surface area contributed by atoms with Crippen molar-refractivity contribution in [1.29, 1.82) is 0 Å². The number of phosphoric acid groups is 1. The highest BCUT2D eigenvalue weighted by Crippen LogP contribution is 2.43. The van der Waals surface area contributed by atoms with Crippen molar-refractivity contribution < 1.29 is 52.2 Å². The molecule has 0 fully saturated rings. The lowest BCUT2D eigenvalue weighted by molar-refractivity contribution is -0.161. The van der Waals surface area contributed by atoms with Gasteiger partial charge in [0.2, 0.25) is 0 Å². The molecule has 12 heteroatoms. The highest BCUT2D eigenvalue weighted by Gasteiger charge is 2.28. The number of carbonyl (C=O) groups is 3. The molecule has 0 aromatic carbocycles. The first kappa shape index (κ1) is 62.9.